The van der Waals surface area contributed by atoms with Crippen LogP contribution in [0.5, 0.6) is 0 Å². The summed E-state index contributed by atoms with van der Waals surface area (Å²) in [5, 5.41) is 20.2. The van der Waals surface area contributed by atoms with Gasteiger partial charge < -0.3 is 36.2 Å². The first-order valence-electron chi connectivity index (χ1n) is 22.1. The number of carbonyl (C=O) groups excluding carboxylic acids is 3. The SMILES string of the molecule is CC[C@@H](C)NCCC(=O)Nc1sc2c(c1-c1nc3ccccc3s1)CCN(C(=O)OC(C)(C)C)C2.CC[C@@H](C)NCCC(=O)Nc1sc2c(c1-c1nc3ccccc3s1)CCNC2. The zero-order valence-electron chi connectivity index (χ0n) is 37.4. The van der Waals surface area contributed by atoms with Gasteiger partial charge in [-0.25, -0.2) is 14.8 Å². The van der Waals surface area contributed by atoms with Crippen LogP contribution in [0.1, 0.15) is 95.0 Å². The molecule has 0 bridgehead atoms. The first-order valence-corrected chi connectivity index (χ1v) is 25.3. The Hall–Kier alpha value is -4.29. The monoisotopic (exact) mass is 928 g/mol. The number of anilines is 2. The molecule has 16 heteroatoms. The lowest BCUT2D eigenvalue weighted by atomic mass is 10.0. The number of carbonyl (C=O) groups is 3. The van der Waals surface area contributed by atoms with Crippen LogP contribution in [0.3, 0.4) is 0 Å². The molecule has 2 aromatic carbocycles. The van der Waals surface area contributed by atoms with Crippen molar-refractivity contribution in [1.82, 2.24) is 30.8 Å². The van der Waals surface area contributed by atoms with Crippen LogP contribution in [0.4, 0.5) is 14.8 Å². The van der Waals surface area contributed by atoms with Crippen LogP contribution in [0.15, 0.2) is 48.5 Å². The van der Waals surface area contributed by atoms with Gasteiger partial charge in [0.15, 0.2) is 0 Å². The van der Waals surface area contributed by atoms with Crippen molar-refractivity contribution in [2.45, 2.75) is 118 Å². The largest absolute Gasteiger partial charge is 0.444 e. The van der Waals surface area contributed by atoms with Gasteiger partial charge in [0, 0.05) is 72.0 Å². The summed E-state index contributed by atoms with van der Waals surface area (Å²) in [6, 6.07) is 17.1. The van der Waals surface area contributed by atoms with Gasteiger partial charge in [-0.2, -0.15) is 0 Å². The molecule has 2 aliphatic heterocycles. The first kappa shape index (κ1) is 46.7. The van der Waals surface area contributed by atoms with Crippen molar-refractivity contribution >= 4 is 93.7 Å². The van der Waals surface area contributed by atoms with E-state index in [1.54, 1.807) is 50.2 Å². The highest BCUT2D eigenvalue weighted by atomic mass is 32.1. The van der Waals surface area contributed by atoms with Crippen LogP contribution in [-0.2, 0) is 40.3 Å². The molecule has 6 heterocycles. The molecule has 0 saturated carbocycles. The third kappa shape index (κ3) is 11.9. The summed E-state index contributed by atoms with van der Waals surface area (Å²) in [5.41, 5.74) is 6.07. The van der Waals surface area contributed by atoms with Gasteiger partial charge in [0.05, 0.1) is 27.0 Å². The van der Waals surface area contributed by atoms with Gasteiger partial charge in [-0.15, -0.1) is 45.3 Å². The van der Waals surface area contributed by atoms with Crippen LogP contribution in [0.25, 0.3) is 41.6 Å². The fourth-order valence-corrected chi connectivity index (χ4v) is 12.1. The normalized spacial score (nSPS) is 14.7. The molecule has 2 atom stereocenters. The molecule has 4 aromatic heterocycles. The number of fused-ring (bicyclic) bond motifs is 4. The minimum atomic E-state index is -0.540. The second-order valence-electron chi connectivity index (χ2n) is 17.1. The highest BCUT2D eigenvalue weighted by molar-refractivity contribution is 7.23. The van der Waals surface area contributed by atoms with Gasteiger partial charge in [0.2, 0.25) is 11.8 Å². The van der Waals surface area contributed by atoms with Crippen LogP contribution < -0.4 is 26.6 Å². The van der Waals surface area contributed by atoms with E-state index in [2.05, 4.69) is 72.5 Å². The highest BCUT2D eigenvalue weighted by Crippen LogP contribution is 2.47. The number of nitrogens with zero attached hydrogens (tertiary/aromatic N) is 3. The average Bonchev–Trinajstić information content (AvgIpc) is 4.04. The highest BCUT2D eigenvalue weighted by Gasteiger charge is 2.32. The van der Waals surface area contributed by atoms with Crippen molar-refractivity contribution < 1.29 is 19.1 Å². The van der Waals surface area contributed by atoms with Crippen molar-refractivity contribution in [2.75, 3.05) is 36.8 Å². The number of amides is 3. The van der Waals surface area contributed by atoms with E-state index in [4.69, 9.17) is 14.7 Å². The maximum atomic E-state index is 12.8. The standard InChI is InChI=1S/C26H34N4O3S2.C21H26N4OS2/c1-6-16(2)27-13-11-21(31)29-24-22(23-28-18-9-7-8-10-19(18)34-23)17-12-14-30(15-20(17)35-24)25(32)33-26(3,4)5;1-3-13(2)23-11-9-18(26)25-21-19(14-8-10-22-12-17(14)28-21)20-24-15-6-4-5-7-16(15)27-20/h7-10,16,27H,6,11-15H2,1-5H3,(H,29,31);4-7,13,22-23H,3,8-12H2,1-2H3,(H,25,26)/t16-;13-/m11/s1. The van der Waals surface area contributed by atoms with Gasteiger partial charge >= 0.3 is 6.09 Å². The Morgan fingerprint density at radius 3 is 1.76 bits per heavy atom. The lowest BCUT2D eigenvalue weighted by Crippen LogP contribution is -2.39. The van der Waals surface area contributed by atoms with Gasteiger partial charge in [0.25, 0.3) is 0 Å². The molecule has 5 N–H and O–H groups in total. The summed E-state index contributed by atoms with van der Waals surface area (Å²) in [5.74, 6) is 0.0375. The predicted molar refractivity (Wildman–Crippen MR) is 264 cm³/mol. The van der Waals surface area contributed by atoms with Gasteiger partial charge in [-0.05, 0) is 102 Å². The summed E-state index contributed by atoms with van der Waals surface area (Å²) in [4.78, 5) is 52.0. The lowest BCUT2D eigenvalue weighted by molar-refractivity contribution is -0.116. The summed E-state index contributed by atoms with van der Waals surface area (Å²) < 4.78 is 7.89. The number of hydrogen-bond acceptors (Lipinski definition) is 13. The van der Waals surface area contributed by atoms with Gasteiger partial charge in [0.1, 0.15) is 25.6 Å². The number of benzene rings is 2. The summed E-state index contributed by atoms with van der Waals surface area (Å²) >= 11 is 6.58. The summed E-state index contributed by atoms with van der Waals surface area (Å²) in [6.07, 6.45) is 4.33. The van der Waals surface area contributed by atoms with Crippen LogP contribution in [-0.4, -0.2) is 76.6 Å². The molecule has 336 valence electrons. The number of para-hydroxylation sites is 2. The number of rotatable bonds is 14. The Bertz CT molecular complexity index is 2470. The molecule has 12 nitrogen and oxygen atoms in total. The lowest BCUT2D eigenvalue weighted by Gasteiger charge is -2.30. The fraction of sp³-hybridized carbons (Fsp3) is 0.468. The molecule has 3 amide bonds. The van der Waals surface area contributed by atoms with Crippen LogP contribution in [0, 0.1) is 0 Å². The summed E-state index contributed by atoms with van der Waals surface area (Å²) in [6.45, 7) is 18.4. The number of nitrogens with one attached hydrogen (secondary N) is 5. The molecule has 0 spiro atoms. The molecule has 2 aliphatic rings. The maximum Gasteiger partial charge on any atom is 0.410 e. The van der Waals surface area contributed by atoms with E-state index < -0.39 is 5.60 Å². The average molecular weight is 929 g/mol. The quantitative estimate of drug-likeness (QED) is 0.0720. The fourth-order valence-electron chi connectivity index (χ4n) is 7.34. The molecule has 0 unspecified atom stereocenters. The number of hydrogen-bond donors (Lipinski definition) is 5. The minimum Gasteiger partial charge on any atom is -0.444 e. The number of aromatic nitrogens is 2. The molecule has 0 radical (unpaired) electrons. The van der Waals surface area contributed by atoms with Crippen molar-refractivity contribution in [1.29, 1.82) is 0 Å². The van der Waals surface area contributed by atoms with Crippen molar-refractivity contribution in [3.63, 3.8) is 0 Å². The number of thiazole rings is 2. The van der Waals surface area contributed by atoms with E-state index in [0.29, 0.717) is 57.5 Å². The molecule has 63 heavy (non-hydrogen) atoms. The molecule has 0 saturated heterocycles. The first-order chi connectivity index (χ1) is 30.3. The van der Waals surface area contributed by atoms with Crippen molar-refractivity contribution in [3.8, 4) is 21.1 Å². The summed E-state index contributed by atoms with van der Waals surface area (Å²) in [7, 11) is 0. The molecule has 0 aliphatic carbocycles. The van der Waals surface area contributed by atoms with E-state index >= 15 is 0 Å². The molecule has 8 rings (SSSR count). The number of thiophene rings is 2. The van der Waals surface area contributed by atoms with E-state index in [0.717, 1.165) is 84.1 Å². The van der Waals surface area contributed by atoms with Gasteiger partial charge in [-0.3, -0.25) is 9.59 Å². The minimum absolute atomic E-state index is 0.0224. The Morgan fingerprint density at radius 1 is 0.746 bits per heavy atom. The smallest absolute Gasteiger partial charge is 0.410 e. The van der Waals surface area contributed by atoms with Crippen LogP contribution in [0.2, 0.25) is 0 Å². The van der Waals surface area contributed by atoms with Crippen molar-refractivity contribution in [2.24, 2.45) is 0 Å². The van der Waals surface area contributed by atoms with Gasteiger partial charge in [-0.1, -0.05) is 38.1 Å². The number of ether oxygens (including phenoxy) is 1. The third-order valence-corrected chi connectivity index (χ3v) is 15.5. The Morgan fingerprint density at radius 2 is 1.25 bits per heavy atom. The second-order valence-corrected chi connectivity index (χ2v) is 21.4. The Labute approximate surface area is 386 Å². The van der Waals surface area contributed by atoms with E-state index in [-0.39, 0.29) is 17.9 Å². The van der Waals surface area contributed by atoms with Crippen LogP contribution >= 0.6 is 45.3 Å². The Balaban J connectivity index is 0.000000193. The molecular weight excluding hydrogens is 869 g/mol. The van der Waals surface area contributed by atoms with Crippen molar-refractivity contribution in [3.05, 3.63) is 69.4 Å². The Kier molecular flexibility index (Phi) is 15.7. The van der Waals surface area contributed by atoms with E-state index in [1.807, 2.05) is 51.1 Å². The third-order valence-electron chi connectivity index (χ3n) is 11.1. The van der Waals surface area contributed by atoms with E-state index in [1.165, 1.54) is 20.7 Å². The molecular formula is C47H60N8O4S4. The topological polar surface area (TPSA) is 150 Å². The van der Waals surface area contributed by atoms with E-state index in [9.17, 15) is 14.4 Å². The molecule has 0 fully saturated rings. The molecule has 6 aromatic rings. The zero-order valence-corrected chi connectivity index (χ0v) is 40.6. The second kappa shape index (κ2) is 21.1. The predicted octanol–water partition coefficient (Wildman–Crippen LogP) is 10.4. The zero-order chi connectivity index (χ0) is 44.7. The maximum absolute atomic E-state index is 12.8.